The van der Waals surface area contributed by atoms with Crippen LogP contribution < -0.4 is 11.1 Å². The van der Waals surface area contributed by atoms with Gasteiger partial charge in [0.05, 0.1) is 11.6 Å². The number of urea groups is 1. The van der Waals surface area contributed by atoms with Crippen LogP contribution >= 0.6 is 0 Å². The highest BCUT2D eigenvalue weighted by Gasteiger charge is 2.46. The van der Waals surface area contributed by atoms with E-state index in [-0.39, 0.29) is 12.1 Å². The van der Waals surface area contributed by atoms with Gasteiger partial charge >= 0.3 is 6.03 Å². The topological polar surface area (TPSA) is 99.2 Å². The second-order valence-electron chi connectivity index (χ2n) is 6.29. The SMILES string of the molecule is N#Cc1ccc(NC(=O)N2[C@@H]3CCCC[C@@H]3C[C@H]2C(N)=O)cc1. The Morgan fingerprint density at radius 1 is 1.22 bits per heavy atom. The van der Waals surface area contributed by atoms with Crippen molar-refractivity contribution in [3.8, 4) is 6.07 Å². The Labute approximate surface area is 135 Å². The molecule has 3 N–H and O–H groups in total. The number of nitriles is 1. The number of benzene rings is 1. The summed E-state index contributed by atoms with van der Waals surface area (Å²) in [6, 6.07) is 7.99. The van der Waals surface area contributed by atoms with E-state index in [1.807, 2.05) is 6.07 Å². The number of nitrogens with one attached hydrogen (secondary N) is 1. The second-order valence-corrected chi connectivity index (χ2v) is 6.29. The maximum atomic E-state index is 12.7. The summed E-state index contributed by atoms with van der Waals surface area (Å²) < 4.78 is 0. The molecule has 0 radical (unpaired) electrons. The lowest BCUT2D eigenvalue weighted by Crippen LogP contribution is -2.49. The standard InChI is InChI=1S/C17H20N4O2/c18-10-11-5-7-13(8-6-11)20-17(23)21-14-4-2-1-3-12(14)9-15(21)16(19)22/h5-8,12,14-15H,1-4,9H2,(H2,19,22)(H,20,23)/t12-,14-,15+/m1/s1. The smallest absolute Gasteiger partial charge is 0.322 e. The van der Waals surface area contributed by atoms with Crippen LogP contribution in [-0.2, 0) is 4.79 Å². The van der Waals surface area contributed by atoms with Crippen LogP contribution in [-0.4, -0.2) is 28.9 Å². The first kappa shape index (κ1) is 15.3. The predicted molar refractivity (Wildman–Crippen MR) is 85.4 cm³/mol. The summed E-state index contributed by atoms with van der Waals surface area (Å²) >= 11 is 0. The highest BCUT2D eigenvalue weighted by molar-refractivity contribution is 5.94. The van der Waals surface area contributed by atoms with Crippen molar-refractivity contribution in [3.05, 3.63) is 29.8 Å². The Balaban J connectivity index is 1.77. The van der Waals surface area contributed by atoms with E-state index in [9.17, 15) is 9.59 Å². The highest BCUT2D eigenvalue weighted by Crippen LogP contribution is 2.39. The molecule has 6 heteroatoms. The van der Waals surface area contributed by atoms with Crippen molar-refractivity contribution in [3.63, 3.8) is 0 Å². The van der Waals surface area contributed by atoms with E-state index >= 15 is 0 Å². The monoisotopic (exact) mass is 312 g/mol. The highest BCUT2D eigenvalue weighted by atomic mass is 16.2. The molecule has 23 heavy (non-hydrogen) atoms. The van der Waals surface area contributed by atoms with E-state index in [1.165, 1.54) is 0 Å². The zero-order chi connectivity index (χ0) is 16.4. The predicted octanol–water partition coefficient (Wildman–Crippen LogP) is 2.21. The second kappa shape index (κ2) is 6.29. The third-order valence-electron chi connectivity index (χ3n) is 4.92. The molecule has 3 amide bonds. The molecule has 1 aromatic carbocycles. The number of hydrogen-bond acceptors (Lipinski definition) is 3. The zero-order valence-corrected chi connectivity index (χ0v) is 12.9. The fraction of sp³-hybridized carbons (Fsp3) is 0.471. The number of rotatable bonds is 2. The van der Waals surface area contributed by atoms with Gasteiger partial charge in [-0.05, 0) is 49.4 Å². The van der Waals surface area contributed by atoms with Crippen molar-refractivity contribution in [1.29, 1.82) is 5.26 Å². The van der Waals surface area contributed by atoms with Crippen molar-refractivity contribution >= 4 is 17.6 Å². The Bertz CT molecular complexity index is 650. The molecular weight excluding hydrogens is 292 g/mol. The summed E-state index contributed by atoms with van der Waals surface area (Å²) in [5, 5.41) is 11.6. The van der Waals surface area contributed by atoms with Gasteiger partial charge in [-0.1, -0.05) is 12.8 Å². The maximum Gasteiger partial charge on any atom is 0.322 e. The molecule has 6 nitrogen and oxygen atoms in total. The molecule has 1 saturated carbocycles. The minimum atomic E-state index is -0.526. The van der Waals surface area contributed by atoms with E-state index in [0.717, 1.165) is 25.7 Å². The average Bonchev–Trinajstić information content (AvgIpc) is 2.95. The Morgan fingerprint density at radius 3 is 2.57 bits per heavy atom. The number of carbonyl (C=O) groups is 2. The van der Waals surface area contributed by atoms with Crippen LogP contribution in [0.1, 0.15) is 37.7 Å². The molecule has 3 rings (SSSR count). The van der Waals surface area contributed by atoms with Gasteiger partial charge in [0.25, 0.3) is 0 Å². The molecule has 0 spiro atoms. The van der Waals surface area contributed by atoms with Crippen LogP contribution in [0.3, 0.4) is 0 Å². The first-order valence-electron chi connectivity index (χ1n) is 7.99. The number of likely N-dealkylation sites (tertiary alicyclic amines) is 1. The number of primary amides is 1. The van der Waals surface area contributed by atoms with Crippen molar-refractivity contribution in [2.45, 2.75) is 44.2 Å². The minimum Gasteiger partial charge on any atom is -0.368 e. The molecule has 1 aliphatic carbocycles. The molecule has 2 aliphatic rings. The van der Waals surface area contributed by atoms with E-state index in [1.54, 1.807) is 29.2 Å². The van der Waals surface area contributed by atoms with Crippen LogP contribution in [0.15, 0.2) is 24.3 Å². The summed E-state index contributed by atoms with van der Waals surface area (Å²) in [6.45, 7) is 0. The van der Waals surface area contributed by atoms with E-state index in [2.05, 4.69) is 5.32 Å². The lowest BCUT2D eigenvalue weighted by Gasteiger charge is -2.33. The zero-order valence-electron chi connectivity index (χ0n) is 12.9. The summed E-state index contributed by atoms with van der Waals surface area (Å²) in [5.74, 6) is -0.0673. The maximum absolute atomic E-state index is 12.7. The van der Waals surface area contributed by atoms with Crippen LogP contribution in [0.4, 0.5) is 10.5 Å². The molecule has 0 aromatic heterocycles. The average molecular weight is 312 g/mol. The molecular formula is C17H20N4O2. The summed E-state index contributed by atoms with van der Waals surface area (Å²) in [4.78, 5) is 26.1. The van der Waals surface area contributed by atoms with Gasteiger partial charge in [-0.15, -0.1) is 0 Å². The summed E-state index contributed by atoms with van der Waals surface area (Å²) in [7, 11) is 0. The van der Waals surface area contributed by atoms with Gasteiger partial charge in [0, 0.05) is 11.7 Å². The molecule has 1 heterocycles. The number of carbonyl (C=O) groups excluding carboxylic acids is 2. The molecule has 0 bridgehead atoms. The number of anilines is 1. The number of fused-ring (bicyclic) bond motifs is 1. The van der Waals surface area contributed by atoms with Gasteiger partial charge in [-0.25, -0.2) is 4.79 Å². The molecule has 1 aromatic rings. The number of nitrogens with two attached hydrogens (primary N) is 1. The van der Waals surface area contributed by atoms with Crippen molar-refractivity contribution < 1.29 is 9.59 Å². The number of amides is 3. The number of hydrogen-bond donors (Lipinski definition) is 2. The molecule has 120 valence electrons. The lowest BCUT2D eigenvalue weighted by molar-refractivity contribution is -0.121. The quantitative estimate of drug-likeness (QED) is 0.875. The molecule has 1 aliphatic heterocycles. The van der Waals surface area contributed by atoms with Crippen LogP contribution in [0.5, 0.6) is 0 Å². The Kier molecular flexibility index (Phi) is 4.20. The Morgan fingerprint density at radius 2 is 1.91 bits per heavy atom. The summed E-state index contributed by atoms with van der Waals surface area (Å²) in [6.07, 6.45) is 4.87. The van der Waals surface area contributed by atoms with Gasteiger partial charge in [-0.2, -0.15) is 5.26 Å². The minimum absolute atomic E-state index is 0.0969. The van der Waals surface area contributed by atoms with E-state index in [0.29, 0.717) is 23.6 Å². The van der Waals surface area contributed by atoms with Crippen LogP contribution in [0, 0.1) is 17.2 Å². The first-order valence-corrected chi connectivity index (χ1v) is 7.99. The normalized spacial score (nSPS) is 26.2. The summed E-state index contributed by atoms with van der Waals surface area (Å²) in [5.41, 5.74) is 6.66. The first-order chi connectivity index (χ1) is 11.1. The van der Waals surface area contributed by atoms with Crippen LogP contribution in [0.25, 0.3) is 0 Å². The lowest BCUT2D eigenvalue weighted by atomic mass is 9.85. The van der Waals surface area contributed by atoms with Gasteiger partial charge in [-0.3, -0.25) is 4.79 Å². The number of nitrogens with zero attached hydrogens (tertiary/aromatic N) is 2. The van der Waals surface area contributed by atoms with Gasteiger partial charge < -0.3 is 16.0 Å². The van der Waals surface area contributed by atoms with Crippen molar-refractivity contribution in [1.82, 2.24) is 4.90 Å². The molecule has 2 fully saturated rings. The van der Waals surface area contributed by atoms with Crippen molar-refractivity contribution in [2.75, 3.05) is 5.32 Å². The fourth-order valence-electron chi connectivity index (χ4n) is 3.82. The molecule has 1 saturated heterocycles. The Hall–Kier alpha value is -2.55. The fourth-order valence-corrected chi connectivity index (χ4v) is 3.82. The van der Waals surface area contributed by atoms with Crippen LogP contribution in [0.2, 0.25) is 0 Å². The molecule has 3 atom stereocenters. The third-order valence-corrected chi connectivity index (χ3v) is 4.92. The van der Waals surface area contributed by atoms with E-state index < -0.39 is 11.9 Å². The van der Waals surface area contributed by atoms with Gasteiger partial charge in [0.1, 0.15) is 6.04 Å². The van der Waals surface area contributed by atoms with Gasteiger partial charge in [0.15, 0.2) is 0 Å². The van der Waals surface area contributed by atoms with Crippen molar-refractivity contribution in [2.24, 2.45) is 11.7 Å². The third kappa shape index (κ3) is 3.00. The van der Waals surface area contributed by atoms with E-state index in [4.69, 9.17) is 11.0 Å². The molecule has 0 unspecified atom stereocenters. The largest absolute Gasteiger partial charge is 0.368 e. The van der Waals surface area contributed by atoms with Gasteiger partial charge in [0.2, 0.25) is 5.91 Å².